The van der Waals surface area contributed by atoms with Gasteiger partial charge in [0.15, 0.2) is 0 Å². The number of rotatable bonds is 3. The summed E-state index contributed by atoms with van der Waals surface area (Å²) in [6.45, 7) is 0. The van der Waals surface area contributed by atoms with Gasteiger partial charge < -0.3 is 14.8 Å². The molecule has 1 aromatic rings. The molecular formula is C10H11NO4. The molecule has 5 heteroatoms. The van der Waals surface area contributed by atoms with Gasteiger partial charge in [0.05, 0.1) is 17.7 Å². The van der Waals surface area contributed by atoms with Gasteiger partial charge in [-0.1, -0.05) is 0 Å². The second-order valence-corrected chi connectivity index (χ2v) is 3.69. The highest BCUT2D eigenvalue weighted by atomic mass is 16.4. The van der Waals surface area contributed by atoms with Crippen molar-refractivity contribution in [1.82, 2.24) is 5.32 Å². The minimum atomic E-state index is -0.788. The Morgan fingerprint density at radius 3 is 2.73 bits per heavy atom. The van der Waals surface area contributed by atoms with E-state index in [0.717, 1.165) is 0 Å². The van der Waals surface area contributed by atoms with Crippen LogP contribution in [-0.2, 0) is 4.79 Å². The van der Waals surface area contributed by atoms with Crippen LogP contribution in [0.2, 0.25) is 0 Å². The molecule has 1 saturated carbocycles. The normalized spacial score (nSPS) is 24.3. The van der Waals surface area contributed by atoms with Gasteiger partial charge in [-0.15, -0.1) is 0 Å². The predicted molar refractivity (Wildman–Crippen MR) is 50.3 cm³/mol. The third-order valence-corrected chi connectivity index (χ3v) is 2.61. The van der Waals surface area contributed by atoms with Crippen LogP contribution in [0.25, 0.3) is 0 Å². The second kappa shape index (κ2) is 3.76. The van der Waals surface area contributed by atoms with E-state index in [1.807, 2.05) is 0 Å². The molecule has 0 spiro atoms. The molecule has 0 aromatic carbocycles. The maximum absolute atomic E-state index is 11.5. The Balaban J connectivity index is 1.81. The fourth-order valence-corrected chi connectivity index (χ4v) is 1.60. The molecule has 1 fully saturated rings. The Hall–Kier alpha value is -1.78. The van der Waals surface area contributed by atoms with Crippen molar-refractivity contribution >= 4 is 11.9 Å². The summed E-state index contributed by atoms with van der Waals surface area (Å²) in [4.78, 5) is 22.0. The largest absolute Gasteiger partial charge is 0.481 e. The van der Waals surface area contributed by atoms with Crippen molar-refractivity contribution < 1.29 is 19.1 Å². The first-order valence-electron chi connectivity index (χ1n) is 4.72. The zero-order chi connectivity index (χ0) is 10.8. The number of furan rings is 1. The standard InChI is InChI=1S/C10H11NO4/c12-9(6-1-2-15-5-6)11-8-3-7(4-8)10(13)14/h1-2,5,7-8H,3-4H2,(H,11,12)(H,13,14). The van der Waals surface area contributed by atoms with Gasteiger partial charge in [-0.3, -0.25) is 9.59 Å². The highest BCUT2D eigenvalue weighted by Gasteiger charge is 2.35. The summed E-state index contributed by atoms with van der Waals surface area (Å²) in [7, 11) is 0. The van der Waals surface area contributed by atoms with E-state index in [-0.39, 0.29) is 17.9 Å². The van der Waals surface area contributed by atoms with Crippen LogP contribution < -0.4 is 5.32 Å². The van der Waals surface area contributed by atoms with Gasteiger partial charge in [-0.25, -0.2) is 0 Å². The fraction of sp³-hybridized carbons (Fsp3) is 0.400. The first kappa shape index (κ1) is 9.76. The molecule has 0 atom stereocenters. The summed E-state index contributed by atoms with van der Waals surface area (Å²) in [6.07, 6.45) is 3.82. The number of hydrogen-bond acceptors (Lipinski definition) is 3. The van der Waals surface area contributed by atoms with Crippen LogP contribution >= 0.6 is 0 Å². The summed E-state index contributed by atoms with van der Waals surface area (Å²) < 4.78 is 4.77. The molecule has 0 unspecified atom stereocenters. The SMILES string of the molecule is O=C(NC1CC(C(=O)O)C1)c1ccoc1. The Bertz CT molecular complexity index is 365. The lowest BCUT2D eigenvalue weighted by Gasteiger charge is -2.32. The van der Waals surface area contributed by atoms with Gasteiger partial charge in [-0.05, 0) is 18.9 Å². The van der Waals surface area contributed by atoms with E-state index in [1.54, 1.807) is 6.07 Å². The van der Waals surface area contributed by atoms with Crippen molar-refractivity contribution in [2.24, 2.45) is 5.92 Å². The van der Waals surface area contributed by atoms with Crippen LogP contribution in [-0.4, -0.2) is 23.0 Å². The van der Waals surface area contributed by atoms with Gasteiger partial charge in [-0.2, -0.15) is 0 Å². The lowest BCUT2D eigenvalue weighted by Crippen LogP contribution is -2.46. The van der Waals surface area contributed by atoms with Crippen molar-refractivity contribution in [2.45, 2.75) is 18.9 Å². The van der Waals surface area contributed by atoms with Crippen molar-refractivity contribution in [3.63, 3.8) is 0 Å². The number of carboxylic acid groups (broad SMARTS) is 1. The van der Waals surface area contributed by atoms with Crippen LogP contribution in [0.4, 0.5) is 0 Å². The van der Waals surface area contributed by atoms with Gasteiger partial charge in [0.1, 0.15) is 6.26 Å². The van der Waals surface area contributed by atoms with Gasteiger partial charge in [0, 0.05) is 6.04 Å². The van der Waals surface area contributed by atoms with Gasteiger partial charge in [0.2, 0.25) is 0 Å². The van der Waals surface area contributed by atoms with Gasteiger partial charge >= 0.3 is 5.97 Å². The molecule has 2 rings (SSSR count). The van der Waals surface area contributed by atoms with Crippen LogP contribution in [0, 0.1) is 5.92 Å². The van der Waals surface area contributed by atoms with Crippen LogP contribution in [0.3, 0.4) is 0 Å². The third-order valence-electron chi connectivity index (χ3n) is 2.61. The Labute approximate surface area is 86.1 Å². The quantitative estimate of drug-likeness (QED) is 0.774. The molecule has 0 bridgehead atoms. The lowest BCUT2D eigenvalue weighted by atomic mass is 9.80. The number of aliphatic carboxylic acids is 1. The third kappa shape index (κ3) is 2.01. The molecule has 15 heavy (non-hydrogen) atoms. The molecular weight excluding hydrogens is 198 g/mol. The average molecular weight is 209 g/mol. The number of carbonyl (C=O) groups excluding carboxylic acids is 1. The smallest absolute Gasteiger partial charge is 0.306 e. The summed E-state index contributed by atoms with van der Waals surface area (Å²) in [6, 6.07) is 1.55. The fourth-order valence-electron chi connectivity index (χ4n) is 1.60. The average Bonchev–Trinajstić information content (AvgIpc) is 2.61. The van der Waals surface area contributed by atoms with Crippen molar-refractivity contribution in [2.75, 3.05) is 0 Å². The first-order valence-corrected chi connectivity index (χ1v) is 4.72. The molecule has 0 saturated heterocycles. The Morgan fingerprint density at radius 2 is 2.20 bits per heavy atom. The number of carbonyl (C=O) groups is 2. The van der Waals surface area contributed by atoms with Crippen molar-refractivity contribution in [3.05, 3.63) is 24.2 Å². The number of nitrogens with one attached hydrogen (secondary N) is 1. The molecule has 1 amide bonds. The number of amides is 1. The van der Waals surface area contributed by atoms with Gasteiger partial charge in [0.25, 0.3) is 5.91 Å². The number of carboxylic acids is 1. The molecule has 80 valence electrons. The zero-order valence-corrected chi connectivity index (χ0v) is 7.97. The molecule has 5 nitrogen and oxygen atoms in total. The Kier molecular flexibility index (Phi) is 2.45. The molecule has 1 aromatic heterocycles. The van der Waals surface area contributed by atoms with Crippen LogP contribution in [0.5, 0.6) is 0 Å². The topological polar surface area (TPSA) is 79.5 Å². The maximum Gasteiger partial charge on any atom is 0.306 e. The predicted octanol–water partition coefficient (Wildman–Crippen LogP) is 0.873. The highest BCUT2D eigenvalue weighted by Crippen LogP contribution is 2.27. The molecule has 0 radical (unpaired) electrons. The molecule has 0 aliphatic heterocycles. The molecule has 1 heterocycles. The van der Waals surface area contributed by atoms with Crippen molar-refractivity contribution in [3.8, 4) is 0 Å². The van der Waals surface area contributed by atoms with E-state index in [2.05, 4.69) is 5.32 Å². The second-order valence-electron chi connectivity index (χ2n) is 3.69. The summed E-state index contributed by atoms with van der Waals surface area (Å²) in [5, 5.41) is 11.4. The molecule has 1 aliphatic carbocycles. The summed E-state index contributed by atoms with van der Waals surface area (Å²) in [5.74, 6) is -1.30. The van der Waals surface area contributed by atoms with E-state index in [4.69, 9.17) is 9.52 Å². The highest BCUT2D eigenvalue weighted by molar-refractivity contribution is 5.94. The van der Waals surface area contributed by atoms with Crippen LogP contribution in [0.1, 0.15) is 23.2 Å². The Morgan fingerprint density at radius 1 is 1.47 bits per heavy atom. The summed E-state index contributed by atoms with van der Waals surface area (Å²) >= 11 is 0. The number of hydrogen-bond donors (Lipinski definition) is 2. The zero-order valence-electron chi connectivity index (χ0n) is 7.97. The molecule has 2 N–H and O–H groups in total. The minimum absolute atomic E-state index is 0.0199. The monoisotopic (exact) mass is 209 g/mol. The van der Waals surface area contributed by atoms with E-state index >= 15 is 0 Å². The van der Waals surface area contributed by atoms with Crippen LogP contribution in [0.15, 0.2) is 23.0 Å². The van der Waals surface area contributed by atoms with E-state index in [0.29, 0.717) is 18.4 Å². The molecule has 1 aliphatic rings. The minimum Gasteiger partial charge on any atom is -0.481 e. The summed E-state index contributed by atoms with van der Waals surface area (Å²) in [5.41, 5.74) is 0.466. The van der Waals surface area contributed by atoms with E-state index in [1.165, 1.54) is 12.5 Å². The van der Waals surface area contributed by atoms with E-state index in [9.17, 15) is 9.59 Å². The first-order chi connectivity index (χ1) is 7.16. The maximum atomic E-state index is 11.5. The lowest BCUT2D eigenvalue weighted by molar-refractivity contribution is -0.145. The van der Waals surface area contributed by atoms with Crippen molar-refractivity contribution in [1.29, 1.82) is 0 Å². The van der Waals surface area contributed by atoms with E-state index < -0.39 is 5.97 Å².